The van der Waals surface area contributed by atoms with Crippen LogP contribution in [-0.2, 0) is 100 Å². The third kappa shape index (κ3) is 23.2. The number of ether oxygens (including phenoxy) is 7. The standard InChI is InChI=1S/C80H100N12O19/c1-7-58-59-29-28-57(45-64(59)86-72-60(58)48-92-66(72)46-62-61(75(92)99)50-109-76(100)80(62,104)8-2)111-79(103)90(6)36-35-89(5)78(102)110-49-52-22-26-56(27-23-52)85-73(97)63(18-14-32-84-77(81)101)87-74(98)71(51(3)4)88-69(95)21-13-20-67(93)83-34-38-106-40-42-108-44-43-107-41-39-105-37-31-68(94)82-33-30-70(96)91-47-55-17-10-9-15-53(55)24-25-54-16-11-12-19-65(54)91/h9-12,15-17,19,22-29,45-46,51,63,71,104H,7-8,13-14,18,20-21,30-44,47-50H2,1-6H3,(H,82,94)(H,83,93)(H,85,97)(H,87,98)(H,88,95)(H3,81,84,101)/b25-24-/t63-,71-,80-/m0/s1. The number of anilines is 2. The van der Waals surface area contributed by atoms with Gasteiger partial charge < -0.3 is 95.2 Å². The van der Waals surface area contributed by atoms with E-state index in [1.807, 2.05) is 61.5 Å². The lowest BCUT2D eigenvalue weighted by Gasteiger charge is -2.31. The lowest BCUT2D eigenvalue weighted by Crippen LogP contribution is -2.54. The highest BCUT2D eigenvalue weighted by Crippen LogP contribution is 2.41. The van der Waals surface area contributed by atoms with Gasteiger partial charge in [0.2, 0.25) is 35.4 Å². The van der Waals surface area contributed by atoms with E-state index in [0.29, 0.717) is 67.5 Å². The van der Waals surface area contributed by atoms with Crippen molar-refractivity contribution in [3.05, 3.63) is 152 Å². The molecule has 3 aliphatic rings. The third-order valence-electron chi connectivity index (χ3n) is 19.2. The van der Waals surface area contributed by atoms with Crippen LogP contribution in [-0.4, -0.2) is 196 Å². The number of nitrogens with one attached hydrogen (secondary N) is 6. The van der Waals surface area contributed by atoms with Crippen LogP contribution in [0.3, 0.4) is 0 Å². The van der Waals surface area contributed by atoms with Gasteiger partial charge in [0.1, 0.15) is 31.0 Å². The molecule has 9 rings (SSSR count). The molecule has 594 valence electrons. The fraction of sp³-hybridized carbons (Fsp3) is 0.450. The van der Waals surface area contributed by atoms with Crippen LogP contribution in [0.5, 0.6) is 5.75 Å². The maximum Gasteiger partial charge on any atom is 0.415 e. The molecule has 3 atom stereocenters. The molecular weight excluding hydrogens is 1430 g/mol. The molecule has 5 heterocycles. The number of amides is 10. The van der Waals surface area contributed by atoms with Crippen molar-refractivity contribution in [1.82, 2.24) is 45.9 Å². The lowest BCUT2D eigenvalue weighted by atomic mass is 9.86. The van der Waals surface area contributed by atoms with Crippen molar-refractivity contribution < 1.29 is 86.2 Å². The molecule has 0 saturated heterocycles. The van der Waals surface area contributed by atoms with Crippen LogP contribution < -0.4 is 52.8 Å². The molecule has 0 saturated carbocycles. The van der Waals surface area contributed by atoms with Crippen molar-refractivity contribution in [1.29, 1.82) is 0 Å². The Hall–Kier alpha value is -11.1. The van der Waals surface area contributed by atoms with Crippen molar-refractivity contribution >= 4 is 94.1 Å². The predicted molar refractivity (Wildman–Crippen MR) is 411 cm³/mol. The number of fused-ring (bicyclic) bond motifs is 7. The van der Waals surface area contributed by atoms with E-state index in [1.54, 1.807) is 78.8 Å². The highest BCUT2D eigenvalue weighted by atomic mass is 16.6. The van der Waals surface area contributed by atoms with Gasteiger partial charge in [-0.3, -0.25) is 33.6 Å². The quantitative estimate of drug-likeness (QED) is 0.0154. The van der Waals surface area contributed by atoms with Gasteiger partial charge in [-0.05, 0) is 102 Å². The number of para-hydroxylation sites is 1. The summed E-state index contributed by atoms with van der Waals surface area (Å²) in [7, 11) is 3.03. The summed E-state index contributed by atoms with van der Waals surface area (Å²) in [5.74, 6) is -3.32. The summed E-state index contributed by atoms with van der Waals surface area (Å²) in [5.41, 5.74) is 11.4. The fourth-order valence-electron chi connectivity index (χ4n) is 12.9. The summed E-state index contributed by atoms with van der Waals surface area (Å²) < 4.78 is 40.3. The van der Waals surface area contributed by atoms with Crippen molar-refractivity contribution in [3.8, 4) is 17.1 Å². The number of esters is 1. The number of aliphatic hydroxyl groups is 1. The Bertz CT molecular complexity index is 4410. The minimum absolute atomic E-state index is 0.00402. The van der Waals surface area contributed by atoms with Gasteiger partial charge in [0.25, 0.3) is 5.56 Å². The van der Waals surface area contributed by atoms with Crippen molar-refractivity contribution in [2.24, 2.45) is 11.7 Å². The number of nitrogens with zero attached hydrogens (tertiary/aromatic N) is 5. The van der Waals surface area contributed by atoms with Gasteiger partial charge in [-0.2, -0.15) is 0 Å². The first-order valence-corrected chi connectivity index (χ1v) is 37.4. The number of aryl methyl sites for hydroxylation is 1. The zero-order valence-electron chi connectivity index (χ0n) is 63.6. The van der Waals surface area contributed by atoms with Crippen LogP contribution in [0.1, 0.15) is 124 Å². The Kier molecular flexibility index (Phi) is 31.0. The van der Waals surface area contributed by atoms with Crippen LogP contribution in [0, 0.1) is 5.92 Å². The van der Waals surface area contributed by atoms with Gasteiger partial charge >= 0.3 is 24.2 Å². The molecule has 3 aliphatic heterocycles. The molecule has 0 radical (unpaired) electrons. The summed E-state index contributed by atoms with van der Waals surface area (Å²) in [6.45, 7) is 10.3. The molecule has 0 fully saturated rings. The summed E-state index contributed by atoms with van der Waals surface area (Å²) in [4.78, 5) is 153. The summed E-state index contributed by atoms with van der Waals surface area (Å²) in [6, 6.07) is 26.0. The first-order chi connectivity index (χ1) is 53.5. The van der Waals surface area contributed by atoms with Gasteiger partial charge in [0.05, 0.1) is 94.1 Å². The summed E-state index contributed by atoms with van der Waals surface area (Å²) in [6.07, 6.45) is 4.07. The van der Waals surface area contributed by atoms with Crippen LogP contribution >= 0.6 is 0 Å². The van der Waals surface area contributed by atoms with Crippen molar-refractivity contribution in [3.63, 3.8) is 0 Å². The van der Waals surface area contributed by atoms with E-state index < -0.39 is 65.5 Å². The smallest absolute Gasteiger partial charge is 0.415 e. The monoisotopic (exact) mass is 1530 g/mol. The van der Waals surface area contributed by atoms with Crippen LogP contribution in [0.25, 0.3) is 34.4 Å². The number of carbonyl (C=O) groups excluding carboxylic acids is 10. The lowest BCUT2D eigenvalue weighted by molar-refractivity contribution is -0.172. The Morgan fingerprint density at radius 1 is 0.667 bits per heavy atom. The predicted octanol–water partition coefficient (Wildman–Crippen LogP) is 6.32. The second kappa shape index (κ2) is 41.1. The summed E-state index contributed by atoms with van der Waals surface area (Å²) >= 11 is 0. The number of carbonyl (C=O) groups is 10. The molecular formula is C80H100N12O19. The molecule has 6 aromatic rings. The second-order valence-corrected chi connectivity index (χ2v) is 27.4. The highest BCUT2D eigenvalue weighted by molar-refractivity contribution is 5.99. The van der Waals surface area contributed by atoms with E-state index in [9.17, 15) is 57.8 Å². The zero-order valence-corrected chi connectivity index (χ0v) is 63.6. The first kappa shape index (κ1) is 83.9. The molecule has 0 aliphatic carbocycles. The number of urea groups is 1. The normalized spacial score (nSPS) is 14.6. The number of benzene rings is 4. The zero-order chi connectivity index (χ0) is 79.6. The molecule has 9 N–H and O–H groups in total. The van der Waals surface area contributed by atoms with Crippen molar-refractivity contribution in [2.75, 3.05) is 110 Å². The minimum atomic E-state index is -1.98. The molecule has 111 heavy (non-hydrogen) atoms. The van der Waals surface area contributed by atoms with E-state index in [-0.39, 0.29) is 170 Å². The second-order valence-electron chi connectivity index (χ2n) is 27.4. The fourth-order valence-corrected chi connectivity index (χ4v) is 12.9. The van der Waals surface area contributed by atoms with Crippen molar-refractivity contribution in [2.45, 2.75) is 129 Å². The number of pyridine rings is 2. The van der Waals surface area contributed by atoms with Crippen LogP contribution in [0.2, 0.25) is 0 Å². The largest absolute Gasteiger partial charge is 0.458 e. The maximum atomic E-state index is 13.8. The number of cyclic esters (lactones) is 1. The van der Waals surface area contributed by atoms with Gasteiger partial charge in [-0.1, -0.05) is 94.4 Å². The van der Waals surface area contributed by atoms with E-state index in [0.717, 1.165) is 38.9 Å². The number of hydrogen-bond donors (Lipinski definition) is 8. The molecule has 4 aromatic carbocycles. The topological polar surface area (TPSA) is 398 Å². The Morgan fingerprint density at radius 2 is 1.32 bits per heavy atom. The number of primary amides is 1. The Labute approximate surface area is 643 Å². The maximum absolute atomic E-state index is 13.8. The number of aromatic nitrogens is 2. The molecule has 0 spiro atoms. The van der Waals surface area contributed by atoms with Crippen LogP contribution in [0.15, 0.2) is 102 Å². The van der Waals surface area contributed by atoms with E-state index in [2.05, 4.69) is 38.0 Å². The molecule has 0 unspecified atom stereocenters. The molecule has 2 aromatic heterocycles. The molecule has 31 heteroatoms. The minimum Gasteiger partial charge on any atom is -0.458 e. The van der Waals surface area contributed by atoms with E-state index >= 15 is 0 Å². The highest BCUT2D eigenvalue weighted by Gasteiger charge is 2.46. The average molecular weight is 1530 g/mol. The van der Waals surface area contributed by atoms with E-state index in [1.165, 1.54) is 23.9 Å². The number of rotatable bonds is 40. The Morgan fingerprint density at radius 3 is 2.02 bits per heavy atom. The summed E-state index contributed by atoms with van der Waals surface area (Å²) in [5, 5.41) is 28.4. The SMILES string of the molecule is CCc1c2c(nc3cc(OC(=O)N(C)CCN(C)C(=O)OCc4ccc(NC(=O)[C@H](CCCNC(N)=O)NC(=O)[C@@H](NC(=O)CCCC(=O)NCCOCCOCCOCCOCCC(=O)NCCC(=O)N5Cc6ccccc6/C=C\c6ccccc65)C(C)C)cc4)ccc13)-c1cc3c(c(=O)n1C2)COC(=O)[C@]3(O)CC. The molecule has 0 bridgehead atoms. The van der Waals surface area contributed by atoms with Gasteiger partial charge in [0, 0.05) is 101 Å². The van der Waals surface area contributed by atoms with Gasteiger partial charge in [-0.25, -0.2) is 24.2 Å². The number of nitrogens with two attached hydrogens (primary N) is 1. The van der Waals surface area contributed by atoms with Gasteiger partial charge in [-0.15, -0.1) is 0 Å². The average Bonchev–Trinajstić information content (AvgIpc) is 1.58. The first-order valence-electron chi connectivity index (χ1n) is 37.4. The van der Waals surface area contributed by atoms with E-state index in [4.69, 9.17) is 43.9 Å². The number of likely N-dealkylation sites (N-methyl/N-ethyl adjacent to an activating group) is 2. The molecule has 31 nitrogen and oxygen atoms in total. The number of hydrogen-bond acceptors (Lipinski definition) is 20. The van der Waals surface area contributed by atoms with Crippen LogP contribution in [0.4, 0.5) is 25.8 Å². The molecule has 10 amide bonds. The third-order valence-corrected chi connectivity index (χ3v) is 19.2. The Balaban J connectivity index is 0.607. The van der Waals surface area contributed by atoms with Gasteiger partial charge in [0.15, 0.2) is 5.60 Å².